The molecule has 0 aliphatic heterocycles. The molecule has 0 aromatic carbocycles. The van der Waals surface area contributed by atoms with Crippen LogP contribution >= 0.6 is 34.8 Å². The summed E-state index contributed by atoms with van der Waals surface area (Å²) in [5.74, 6) is 0.634. The Bertz CT molecular complexity index is 55.2. The maximum atomic E-state index is 5.62. The largest absolute Gasteiger partial charge is 0.127 e. The highest BCUT2D eigenvalue weighted by Gasteiger charge is 2.14. The van der Waals surface area contributed by atoms with E-state index in [1.807, 2.05) is 0 Å². The van der Waals surface area contributed by atoms with Gasteiger partial charge in [0.25, 0.3) is 0 Å². The third-order valence-corrected chi connectivity index (χ3v) is 1.39. The van der Waals surface area contributed by atoms with Crippen molar-refractivity contribution in [2.75, 3.05) is 5.88 Å². The van der Waals surface area contributed by atoms with E-state index in [-0.39, 0.29) is 0 Å². The van der Waals surface area contributed by atoms with Gasteiger partial charge in [-0.25, -0.2) is 0 Å². The van der Waals surface area contributed by atoms with Crippen molar-refractivity contribution in [1.82, 2.24) is 0 Å². The minimum atomic E-state index is -0.588. The van der Waals surface area contributed by atoms with Crippen LogP contribution in [0.15, 0.2) is 0 Å². The standard InChI is InChI=1S/C5H9Cl3/c1-5(7,8)3-2-4-6/h2-4H2,1H3. The van der Waals surface area contributed by atoms with Crippen molar-refractivity contribution in [2.45, 2.75) is 24.1 Å². The van der Waals surface area contributed by atoms with E-state index in [4.69, 9.17) is 34.8 Å². The fourth-order valence-corrected chi connectivity index (χ4v) is 0.778. The Kier molecular flexibility index (Phi) is 4.23. The van der Waals surface area contributed by atoms with Gasteiger partial charge < -0.3 is 0 Å². The summed E-state index contributed by atoms with van der Waals surface area (Å²) < 4.78 is -0.588. The first-order valence-corrected chi connectivity index (χ1v) is 3.79. The molecule has 0 N–H and O–H groups in total. The fourth-order valence-electron chi connectivity index (χ4n) is 0.377. The molecule has 0 nitrogen and oxygen atoms in total. The van der Waals surface area contributed by atoms with E-state index in [0.717, 1.165) is 12.8 Å². The molecule has 0 radical (unpaired) electrons. The van der Waals surface area contributed by atoms with Crippen LogP contribution in [0.25, 0.3) is 0 Å². The monoisotopic (exact) mass is 174 g/mol. The molecule has 50 valence electrons. The molecule has 3 heteroatoms. The summed E-state index contributed by atoms with van der Waals surface area (Å²) in [6.45, 7) is 1.77. The van der Waals surface area contributed by atoms with Crippen LogP contribution in [-0.4, -0.2) is 10.2 Å². The number of rotatable bonds is 3. The molecule has 0 aliphatic rings. The van der Waals surface area contributed by atoms with Gasteiger partial charge in [0.1, 0.15) is 4.33 Å². The van der Waals surface area contributed by atoms with Crippen LogP contribution < -0.4 is 0 Å². The van der Waals surface area contributed by atoms with E-state index >= 15 is 0 Å². The van der Waals surface area contributed by atoms with Gasteiger partial charge in [-0.2, -0.15) is 0 Å². The molecular formula is C5H9Cl3. The van der Waals surface area contributed by atoms with Gasteiger partial charge in [0.05, 0.1) is 0 Å². The zero-order chi connectivity index (χ0) is 6.62. The fraction of sp³-hybridized carbons (Fsp3) is 1.00. The minimum absolute atomic E-state index is 0.588. The van der Waals surface area contributed by atoms with E-state index in [1.54, 1.807) is 6.92 Å². The lowest BCUT2D eigenvalue weighted by molar-refractivity contribution is 0.732. The summed E-state index contributed by atoms with van der Waals surface area (Å²) >= 11 is 16.6. The molecule has 0 saturated carbocycles. The molecule has 0 spiro atoms. The van der Waals surface area contributed by atoms with Crippen LogP contribution in [0.1, 0.15) is 19.8 Å². The van der Waals surface area contributed by atoms with E-state index in [9.17, 15) is 0 Å². The lowest BCUT2D eigenvalue weighted by atomic mass is 10.3. The molecule has 0 rings (SSSR count). The van der Waals surface area contributed by atoms with Crippen molar-refractivity contribution in [2.24, 2.45) is 0 Å². The summed E-state index contributed by atoms with van der Waals surface area (Å²) in [7, 11) is 0. The Hall–Kier alpha value is 0.870. The Morgan fingerprint density at radius 1 is 1.38 bits per heavy atom. The van der Waals surface area contributed by atoms with Gasteiger partial charge in [-0.05, 0) is 19.8 Å². The van der Waals surface area contributed by atoms with Crippen molar-refractivity contribution < 1.29 is 0 Å². The molecule has 8 heavy (non-hydrogen) atoms. The van der Waals surface area contributed by atoms with Crippen molar-refractivity contribution in [3.8, 4) is 0 Å². The molecule has 0 heterocycles. The second kappa shape index (κ2) is 3.81. The molecule has 0 aromatic rings. The zero-order valence-electron chi connectivity index (χ0n) is 4.76. The predicted octanol–water partition coefficient (Wildman–Crippen LogP) is 3.20. The van der Waals surface area contributed by atoms with Crippen LogP contribution in [0.3, 0.4) is 0 Å². The van der Waals surface area contributed by atoms with E-state index in [0.29, 0.717) is 5.88 Å². The molecule has 0 atom stereocenters. The van der Waals surface area contributed by atoms with Gasteiger partial charge >= 0.3 is 0 Å². The van der Waals surface area contributed by atoms with Crippen molar-refractivity contribution in [3.63, 3.8) is 0 Å². The lowest BCUT2D eigenvalue weighted by Gasteiger charge is -2.09. The second-order valence-corrected chi connectivity index (χ2v) is 4.10. The molecule has 0 fully saturated rings. The van der Waals surface area contributed by atoms with Crippen LogP contribution in [0.4, 0.5) is 0 Å². The summed E-state index contributed by atoms with van der Waals surface area (Å²) in [6, 6.07) is 0. The first-order valence-electron chi connectivity index (χ1n) is 2.50. The highest BCUT2D eigenvalue weighted by atomic mass is 35.5. The van der Waals surface area contributed by atoms with Gasteiger partial charge in [0.15, 0.2) is 0 Å². The lowest BCUT2D eigenvalue weighted by Crippen LogP contribution is -2.05. The Labute approximate surface area is 65.1 Å². The van der Waals surface area contributed by atoms with Crippen LogP contribution in [-0.2, 0) is 0 Å². The summed E-state index contributed by atoms with van der Waals surface area (Å²) in [4.78, 5) is 0. The normalized spacial score (nSPS) is 12.0. The third kappa shape index (κ3) is 6.87. The van der Waals surface area contributed by atoms with E-state index < -0.39 is 4.33 Å². The Morgan fingerprint density at radius 2 is 1.88 bits per heavy atom. The number of alkyl halides is 3. The summed E-state index contributed by atoms with van der Waals surface area (Å²) in [5, 5.41) is 0. The highest BCUT2D eigenvalue weighted by molar-refractivity contribution is 6.48. The van der Waals surface area contributed by atoms with Gasteiger partial charge in [-0.1, -0.05) is 0 Å². The van der Waals surface area contributed by atoms with Crippen LogP contribution in [0.2, 0.25) is 0 Å². The topological polar surface area (TPSA) is 0 Å². The van der Waals surface area contributed by atoms with E-state index in [1.165, 1.54) is 0 Å². The van der Waals surface area contributed by atoms with E-state index in [2.05, 4.69) is 0 Å². The van der Waals surface area contributed by atoms with Gasteiger partial charge in [0, 0.05) is 5.88 Å². The maximum Gasteiger partial charge on any atom is 0.115 e. The summed E-state index contributed by atoms with van der Waals surface area (Å²) in [5.41, 5.74) is 0. The summed E-state index contributed by atoms with van der Waals surface area (Å²) in [6.07, 6.45) is 1.64. The third-order valence-electron chi connectivity index (χ3n) is 0.749. The average molecular weight is 175 g/mol. The predicted molar refractivity (Wildman–Crippen MR) is 40.1 cm³/mol. The smallest absolute Gasteiger partial charge is 0.115 e. The van der Waals surface area contributed by atoms with Crippen LogP contribution in [0.5, 0.6) is 0 Å². The first kappa shape index (κ1) is 8.87. The quantitative estimate of drug-likeness (QED) is 0.578. The molecule has 0 aromatic heterocycles. The van der Waals surface area contributed by atoms with Gasteiger partial charge in [0.2, 0.25) is 0 Å². The van der Waals surface area contributed by atoms with Crippen molar-refractivity contribution in [3.05, 3.63) is 0 Å². The average Bonchev–Trinajstić information content (AvgIpc) is 1.59. The zero-order valence-corrected chi connectivity index (χ0v) is 7.02. The number of hydrogen-bond acceptors (Lipinski definition) is 0. The molecule has 0 unspecified atom stereocenters. The van der Waals surface area contributed by atoms with Crippen LogP contribution in [0, 0.1) is 0 Å². The maximum absolute atomic E-state index is 5.62. The molecule has 0 amide bonds. The Morgan fingerprint density at radius 3 is 2.00 bits per heavy atom. The van der Waals surface area contributed by atoms with Crippen molar-refractivity contribution in [1.29, 1.82) is 0 Å². The van der Waals surface area contributed by atoms with Crippen molar-refractivity contribution >= 4 is 34.8 Å². The molecule has 0 aliphatic carbocycles. The second-order valence-electron chi connectivity index (χ2n) is 1.86. The first-order chi connectivity index (χ1) is 3.56. The SMILES string of the molecule is CC(Cl)(Cl)CCCCl. The molecule has 0 bridgehead atoms. The molecule has 0 saturated heterocycles. The molecular weight excluding hydrogens is 166 g/mol. The minimum Gasteiger partial charge on any atom is -0.127 e. The number of halogens is 3. The van der Waals surface area contributed by atoms with Gasteiger partial charge in [-0.15, -0.1) is 34.8 Å². The number of hydrogen-bond donors (Lipinski definition) is 0. The Balaban J connectivity index is 3.11. The highest BCUT2D eigenvalue weighted by Crippen LogP contribution is 2.25. The van der Waals surface area contributed by atoms with Gasteiger partial charge in [-0.3, -0.25) is 0 Å².